The molecule has 0 bridgehead atoms. The SMILES string of the molecule is ON=Cc1ccc2ccc(SC3=CCCC=C3)cc2c1. The normalized spacial score (nSPS) is 14.9. The van der Waals surface area contributed by atoms with Crippen LogP contribution < -0.4 is 0 Å². The van der Waals surface area contributed by atoms with E-state index >= 15 is 0 Å². The molecule has 1 N–H and O–H groups in total. The monoisotopic (exact) mass is 281 g/mol. The number of rotatable bonds is 3. The van der Waals surface area contributed by atoms with Gasteiger partial charge in [-0.1, -0.05) is 53.3 Å². The number of thioether (sulfide) groups is 1. The van der Waals surface area contributed by atoms with E-state index in [2.05, 4.69) is 41.6 Å². The summed E-state index contributed by atoms with van der Waals surface area (Å²) in [6.45, 7) is 0. The molecular weight excluding hydrogens is 266 g/mol. The number of benzene rings is 2. The molecular formula is C17H15NOS. The lowest BCUT2D eigenvalue weighted by molar-refractivity contribution is 0.322. The summed E-state index contributed by atoms with van der Waals surface area (Å²) in [4.78, 5) is 2.54. The molecule has 0 aliphatic heterocycles. The predicted octanol–water partition coefficient (Wildman–Crippen LogP) is 4.97. The Morgan fingerprint density at radius 2 is 1.95 bits per heavy atom. The van der Waals surface area contributed by atoms with Crippen molar-refractivity contribution in [3.63, 3.8) is 0 Å². The van der Waals surface area contributed by atoms with Crippen molar-refractivity contribution in [2.45, 2.75) is 17.7 Å². The molecule has 20 heavy (non-hydrogen) atoms. The number of hydrogen-bond acceptors (Lipinski definition) is 3. The van der Waals surface area contributed by atoms with Crippen LogP contribution in [0.1, 0.15) is 18.4 Å². The van der Waals surface area contributed by atoms with Crippen molar-refractivity contribution in [1.82, 2.24) is 0 Å². The number of fused-ring (bicyclic) bond motifs is 1. The quantitative estimate of drug-likeness (QED) is 0.489. The third-order valence-corrected chi connectivity index (χ3v) is 4.27. The van der Waals surface area contributed by atoms with Gasteiger partial charge >= 0.3 is 0 Å². The number of oxime groups is 1. The van der Waals surface area contributed by atoms with Crippen LogP contribution >= 0.6 is 11.8 Å². The highest BCUT2D eigenvalue weighted by Crippen LogP contribution is 2.32. The molecule has 1 aliphatic rings. The predicted molar refractivity (Wildman–Crippen MR) is 85.6 cm³/mol. The van der Waals surface area contributed by atoms with Crippen molar-refractivity contribution < 1.29 is 5.21 Å². The average Bonchev–Trinajstić information content (AvgIpc) is 2.48. The zero-order valence-electron chi connectivity index (χ0n) is 11.0. The Labute approximate surface area is 122 Å². The van der Waals surface area contributed by atoms with Gasteiger partial charge in [-0.25, -0.2) is 0 Å². The molecule has 0 amide bonds. The number of allylic oxidation sites excluding steroid dienone is 3. The van der Waals surface area contributed by atoms with Crippen molar-refractivity contribution in [3.8, 4) is 0 Å². The smallest absolute Gasteiger partial charge is 0.0734 e. The summed E-state index contributed by atoms with van der Waals surface area (Å²) < 4.78 is 0. The average molecular weight is 281 g/mol. The molecule has 0 fully saturated rings. The Morgan fingerprint density at radius 1 is 1.05 bits per heavy atom. The van der Waals surface area contributed by atoms with Gasteiger partial charge < -0.3 is 5.21 Å². The molecule has 2 nitrogen and oxygen atoms in total. The minimum absolute atomic E-state index is 0.902. The van der Waals surface area contributed by atoms with E-state index in [1.54, 1.807) is 11.8 Å². The van der Waals surface area contributed by atoms with Gasteiger partial charge in [-0.2, -0.15) is 0 Å². The van der Waals surface area contributed by atoms with E-state index in [1.165, 1.54) is 21.4 Å². The van der Waals surface area contributed by atoms with Crippen molar-refractivity contribution in [2.24, 2.45) is 5.16 Å². The maximum atomic E-state index is 8.61. The minimum Gasteiger partial charge on any atom is -0.411 e. The third-order valence-electron chi connectivity index (χ3n) is 3.24. The molecule has 0 saturated carbocycles. The lowest BCUT2D eigenvalue weighted by Crippen LogP contribution is -1.83. The van der Waals surface area contributed by atoms with E-state index in [1.807, 2.05) is 18.2 Å². The first-order valence-corrected chi connectivity index (χ1v) is 7.42. The molecule has 3 heteroatoms. The van der Waals surface area contributed by atoms with Crippen molar-refractivity contribution >= 4 is 28.7 Å². The van der Waals surface area contributed by atoms with Gasteiger partial charge in [0.05, 0.1) is 6.21 Å². The lowest BCUT2D eigenvalue weighted by Gasteiger charge is -2.08. The second-order valence-electron chi connectivity index (χ2n) is 4.70. The second kappa shape index (κ2) is 5.97. The first-order chi connectivity index (χ1) is 9.85. The Balaban J connectivity index is 1.92. The van der Waals surface area contributed by atoms with Gasteiger partial charge in [-0.3, -0.25) is 0 Å². The zero-order valence-corrected chi connectivity index (χ0v) is 11.8. The third kappa shape index (κ3) is 2.94. The fraction of sp³-hybridized carbons (Fsp3) is 0.118. The maximum Gasteiger partial charge on any atom is 0.0734 e. The number of hydrogen-bond donors (Lipinski definition) is 1. The lowest BCUT2D eigenvalue weighted by atomic mass is 10.1. The Hall–Kier alpha value is -2.00. The van der Waals surface area contributed by atoms with Gasteiger partial charge in [-0.15, -0.1) is 0 Å². The van der Waals surface area contributed by atoms with Crippen LogP contribution in [0.15, 0.2) is 69.6 Å². The van der Waals surface area contributed by atoms with Crippen LogP contribution in [-0.2, 0) is 0 Å². The van der Waals surface area contributed by atoms with E-state index in [0.29, 0.717) is 0 Å². The summed E-state index contributed by atoms with van der Waals surface area (Å²) in [5, 5.41) is 14.0. The van der Waals surface area contributed by atoms with E-state index in [0.717, 1.165) is 23.8 Å². The highest BCUT2D eigenvalue weighted by Gasteiger charge is 2.02. The summed E-state index contributed by atoms with van der Waals surface area (Å²) in [7, 11) is 0. The Bertz CT molecular complexity index is 716. The van der Waals surface area contributed by atoms with Crippen LogP contribution in [0, 0.1) is 0 Å². The maximum absolute atomic E-state index is 8.61. The van der Waals surface area contributed by atoms with Crippen LogP contribution in [0.4, 0.5) is 0 Å². The van der Waals surface area contributed by atoms with E-state index in [9.17, 15) is 0 Å². The van der Waals surface area contributed by atoms with E-state index < -0.39 is 0 Å². The van der Waals surface area contributed by atoms with Crippen LogP contribution in [0.5, 0.6) is 0 Å². The first kappa shape index (κ1) is 13.0. The largest absolute Gasteiger partial charge is 0.411 e. The molecule has 0 saturated heterocycles. The molecule has 2 aromatic rings. The summed E-state index contributed by atoms with van der Waals surface area (Å²) >= 11 is 1.79. The fourth-order valence-electron chi connectivity index (χ4n) is 2.25. The van der Waals surface area contributed by atoms with Crippen molar-refractivity contribution in [2.75, 3.05) is 0 Å². The summed E-state index contributed by atoms with van der Waals surface area (Å²) in [6, 6.07) is 12.5. The van der Waals surface area contributed by atoms with Gasteiger partial charge in [-0.05, 0) is 47.4 Å². The standard InChI is InChI=1S/C17H15NOS/c19-18-12-13-6-7-14-8-9-17(11-15(14)10-13)20-16-4-2-1-3-5-16/h2,4-12,19H,1,3H2. The zero-order chi connectivity index (χ0) is 13.8. The number of nitrogens with zero attached hydrogens (tertiary/aromatic N) is 1. The van der Waals surface area contributed by atoms with Gasteiger partial charge in [0.15, 0.2) is 0 Å². The topological polar surface area (TPSA) is 32.6 Å². The molecule has 0 aromatic heterocycles. The molecule has 2 aromatic carbocycles. The molecule has 3 rings (SSSR count). The van der Waals surface area contributed by atoms with Crippen LogP contribution in [-0.4, -0.2) is 11.4 Å². The van der Waals surface area contributed by atoms with Crippen LogP contribution in [0.3, 0.4) is 0 Å². The summed E-state index contributed by atoms with van der Waals surface area (Å²) in [6.07, 6.45) is 10.4. The molecule has 0 atom stereocenters. The van der Waals surface area contributed by atoms with Gasteiger partial charge in [0.25, 0.3) is 0 Å². The Kier molecular flexibility index (Phi) is 3.88. The van der Waals surface area contributed by atoms with E-state index in [-0.39, 0.29) is 0 Å². The van der Waals surface area contributed by atoms with Gasteiger partial charge in [0, 0.05) is 9.80 Å². The fourth-order valence-corrected chi connectivity index (χ4v) is 3.21. The molecule has 100 valence electrons. The van der Waals surface area contributed by atoms with E-state index in [4.69, 9.17) is 5.21 Å². The molecule has 0 unspecified atom stereocenters. The highest BCUT2D eigenvalue weighted by molar-refractivity contribution is 8.03. The van der Waals surface area contributed by atoms with Crippen LogP contribution in [0.2, 0.25) is 0 Å². The highest BCUT2D eigenvalue weighted by atomic mass is 32.2. The Morgan fingerprint density at radius 3 is 2.75 bits per heavy atom. The second-order valence-corrected chi connectivity index (χ2v) is 5.85. The van der Waals surface area contributed by atoms with Crippen LogP contribution in [0.25, 0.3) is 10.8 Å². The van der Waals surface area contributed by atoms with Crippen molar-refractivity contribution in [3.05, 3.63) is 65.1 Å². The molecule has 0 spiro atoms. The molecule has 0 radical (unpaired) electrons. The summed E-state index contributed by atoms with van der Waals surface area (Å²) in [5.41, 5.74) is 0.902. The van der Waals surface area contributed by atoms with Crippen molar-refractivity contribution in [1.29, 1.82) is 0 Å². The van der Waals surface area contributed by atoms with Gasteiger partial charge in [0.2, 0.25) is 0 Å². The van der Waals surface area contributed by atoms with Gasteiger partial charge in [0.1, 0.15) is 0 Å². The first-order valence-electron chi connectivity index (χ1n) is 6.61. The summed E-state index contributed by atoms with van der Waals surface area (Å²) in [5.74, 6) is 0. The minimum atomic E-state index is 0.902. The molecule has 0 heterocycles. The molecule has 1 aliphatic carbocycles.